The van der Waals surface area contributed by atoms with E-state index in [1.807, 2.05) is 6.07 Å². The lowest BCUT2D eigenvalue weighted by atomic mass is 10.1. The fourth-order valence-corrected chi connectivity index (χ4v) is 2.04. The summed E-state index contributed by atoms with van der Waals surface area (Å²) < 4.78 is 0. The first kappa shape index (κ1) is 11.8. The molecule has 1 aliphatic rings. The first-order valence-electron chi connectivity index (χ1n) is 6.01. The standard InChI is InChI=1S/C13H19N3O/c1-8(9-5-6-9)7-16-11-4-2-3-10(12(11)14)13(15)17/h2-4,8-9,16H,5-7,14H2,1H3,(H2,15,17). The molecule has 92 valence electrons. The number of primary amides is 1. The lowest BCUT2D eigenvalue weighted by Gasteiger charge is -2.15. The van der Waals surface area contributed by atoms with Crippen LogP contribution in [0.1, 0.15) is 30.1 Å². The molecule has 17 heavy (non-hydrogen) atoms. The summed E-state index contributed by atoms with van der Waals surface area (Å²) >= 11 is 0. The van der Waals surface area contributed by atoms with Crippen LogP contribution in [0.5, 0.6) is 0 Å². The highest BCUT2D eigenvalue weighted by Crippen LogP contribution is 2.36. The number of hydrogen-bond acceptors (Lipinski definition) is 3. The number of rotatable bonds is 5. The van der Waals surface area contributed by atoms with E-state index in [2.05, 4.69) is 12.2 Å². The maximum absolute atomic E-state index is 11.1. The van der Waals surface area contributed by atoms with Gasteiger partial charge in [-0.15, -0.1) is 0 Å². The highest BCUT2D eigenvalue weighted by molar-refractivity contribution is 6.00. The van der Waals surface area contributed by atoms with Gasteiger partial charge >= 0.3 is 0 Å². The lowest BCUT2D eigenvalue weighted by Crippen LogP contribution is -2.17. The SMILES string of the molecule is CC(CNc1cccc(C(N)=O)c1N)C1CC1. The Morgan fingerprint density at radius 3 is 2.82 bits per heavy atom. The van der Waals surface area contributed by atoms with Crippen LogP contribution in [0, 0.1) is 11.8 Å². The molecule has 1 aromatic rings. The molecule has 0 aromatic heterocycles. The molecule has 1 saturated carbocycles. The summed E-state index contributed by atoms with van der Waals surface area (Å²) in [5.41, 5.74) is 12.8. The third-order valence-electron chi connectivity index (χ3n) is 3.41. The van der Waals surface area contributed by atoms with Crippen molar-refractivity contribution in [3.8, 4) is 0 Å². The number of carbonyl (C=O) groups is 1. The van der Waals surface area contributed by atoms with Crippen LogP contribution in [0.15, 0.2) is 18.2 Å². The Morgan fingerprint density at radius 1 is 1.53 bits per heavy atom. The molecule has 0 aliphatic heterocycles. The predicted octanol–water partition coefficient (Wildman–Crippen LogP) is 1.83. The van der Waals surface area contributed by atoms with Gasteiger partial charge in [0.2, 0.25) is 0 Å². The molecule has 4 heteroatoms. The minimum Gasteiger partial charge on any atom is -0.396 e. The van der Waals surface area contributed by atoms with Gasteiger partial charge in [0.15, 0.2) is 0 Å². The van der Waals surface area contributed by atoms with Gasteiger partial charge in [-0.05, 0) is 36.8 Å². The number of hydrogen-bond donors (Lipinski definition) is 3. The van der Waals surface area contributed by atoms with Gasteiger partial charge in [0.25, 0.3) is 5.91 Å². The van der Waals surface area contributed by atoms with Gasteiger partial charge in [0.1, 0.15) is 0 Å². The third-order valence-corrected chi connectivity index (χ3v) is 3.41. The second kappa shape index (κ2) is 4.65. The molecule has 1 amide bonds. The summed E-state index contributed by atoms with van der Waals surface area (Å²) in [6.45, 7) is 3.12. The van der Waals surface area contributed by atoms with Crippen LogP contribution in [-0.4, -0.2) is 12.5 Å². The lowest BCUT2D eigenvalue weighted by molar-refractivity contribution is 0.100. The molecule has 0 heterocycles. The number of nitrogens with two attached hydrogens (primary N) is 2. The molecule has 0 radical (unpaired) electrons. The van der Waals surface area contributed by atoms with Crippen LogP contribution in [0.3, 0.4) is 0 Å². The molecule has 2 rings (SSSR count). The molecule has 0 spiro atoms. The van der Waals surface area contributed by atoms with Gasteiger partial charge < -0.3 is 16.8 Å². The molecular weight excluding hydrogens is 214 g/mol. The van der Waals surface area contributed by atoms with Gasteiger partial charge in [-0.25, -0.2) is 0 Å². The minimum atomic E-state index is -0.485. The molecule has 1 aromatic carbocycles. The van der Waals surface area contributed by atoms with E-state index in [9.17, 15) is 4.79 Å². The van der Waals surface area contributed by atoms with Crippen molar-refractivity contribution in [1.82, 2.24) is 0 Å². The average molecular weight is 233 g/mol. The summed E-state index contributed by atoms with van der Waals surface area (Å²) in [6, 6.07) is 5.31. The first-order chi connectivity index (χ1) is 8.09. The van der Waals surface area contributed by atoms with Gasteiger partial charge in [-0.2, -0.15) is 0 Å². The van der Waals surface area contributed by atoms with Crippen molar-refractivity contribution in [2.45, 2.75) is 19.8 Å². The van der Waals surface area contributed by atoms with E-state index in [0.717, 1.165) is 18.2 Å². The summed E-state index contributed by atoms with van der Waals surface area (Å²) in [7, 11) is 0. The van der Waals surface area contributed by atoms with Crippen LogP contribution in [-0.2, 0) is 0 Å². The van der Waals surface area contributed by atoms with E-state index in [0.29, 0.717) is 17.2 Å². The van der Waals surface area contributed by atoms with E-state index < -0.39 is 5.91 Å². The van der Waals surface area contributed by atoms with E-state index in [-0.39, 0.29) is 0 Å². The van der Waals surface area contributed by atoms with Crippen molar-refractivity contribution >= 4 is 17.3 Å². The molecule has 5 N–H and O–H groups in total. The van der Waals surface area contributed by atoms with Crippen LogP contribution in [0.25, 0.3) is 0 Å². The van der Waals surface area contributed by atoms with Crippen molar-refractivity contribution in [3.05, 3.63) is 23.8 Å². The third kappa shape index (κ3) is 2.70. The maximum atomic E-state index is 11.1. The molecule has 0 bridgehead atoms. The summed E-state index contributed by atoms with van der Waals surface area (Å²) in [4.78, 5) is 11.1. The second-order valence-electron chi connectivity index (χ2n) is 4.83. The molecule has 1 atom stereocenters. The summed E-state index contributed by atoms with van der Waals surface area (Å²) in [5, 5.41) is 3.30. The zero-order valence-corrected chi connectivity index (χ0v) is 10.1. The minimum absolute atomic E-state index is 0.383. The molecule has 1 fully saturated rings. The fourth-order valence-electron chi connectivity index (χ4n) is 2.04. The Kier molecular flexibility index (Phi) is 3.22. The van der Waals surface area contributed by atoms with E-state index in [4.69, 9.17) is 11.5 Å². The van der Waals surface area contributed by atoms with E-state index in [1.165, 1.54) is 12.8 Å². The zero-order valence-electron chi connectivity index (χ0n) is 10.1. The van der Waals surface area contributed by atoms with Crippen LogP contribution >= 0.6 is 0 Å². The van der Waals surface area contributed by atoms with E-state index >= 15 is 0 Å². The monoisotopic (exact) mass is 233 g/mol. The predicted molar refractivity (Wildman–Crippen MR) is 69.8 cm³/mol. The van der Waals surface area contributed by atoms with Crippen molar-refractivity contribution in [2.24, 2.45) is 17.6 Å². The molecule has 0 saturated heterocycles. The number of anilines is 2. The Balaban J connectivity index is 2.04. The van der Waals surface area contributed by atoms with E-state index in [1.54, 1.807) is 12.1 Å². The fraction of sp³-hybridized carbons (Fsp3) is 0.462. The molecule has 4 nitrogen and oxygen atoms in total. The first-order valence-corrected chi connectivity index (χ1v) is 6.01. The van der Waals surface area contributed by atoms with Gasteiger partial charge in [-0.3, -0.25) is 4.79 Å². The zero-order chi connectivity index (χ0) is 12.4. The largest absolute Gasteiger partial charge is 0.396 e. The molecule has 1 unspecified atom stereocenters. The second-order valence-corrected chi connectivity index (χ2v) is 4.83. The summed E-state index contributed by atoms with van der Waals surface area (Å²) in [6.07, 6.45) is 2.67. The Morgan fingerprint density at radius 2 is 2.24 bits per heavy atom. The van der Waals surface area contributed by atoms with Crippen molar-refractivity contribution in [3.63, 3.8) is 0 Å². The maximum Gasteiger partial charge on any atom is 0.250 e. The highest BCUT2D eigenvalue weighted by Gasteiger charge is 2.27. The van der Waals surface area contributed by atoms with Gasteiger partial charge in [0.05, 0.1) is 16.9 Å². The Hall–Kier alpha value is -1.71. The quantitative estimate of drug-likeness (QED) is 0.678. The topological polar surface area (TPSA) is 81.1 Å². The van der Waals surface area contributed by atoms with Crippen LogP contribution in [0.4, 0.5) is 11.4 Å². The van der Waals surface area contributed by atoms with Gasteiger partial charge in [0, 0.05) is 6.54 Å². The molecular formula is C13H19N3O. The smallest absolute Gasteiger partial charge is 0.250 e. The van der Waals surface area contributed by atoms with Crippen molar-refractivity contribution in [2.75, 3.05) is 17.6 Å². The van der Waals surface area contributed by atoms with Crippen molar-refractivity contribution in [1.29, 1.82) is 0 Å². The van der Waals surface area contributed by atoms with Crippen LogP contribution in [0.2, 0.25) is 0 Å². The summed E-state index contributed by atoms with van der Waals surface area (Å²) in [5.74, 6) is 1.01. The Labute approximate surface area is 101 Å². The number of para-hydroxylation sites is 1. The molecule has 1 aliphatic carbocycles. The number of nitrogen functional groups attached to an aromatic ring is 1. The van der Waals surface area contributed by atoms with Gasteiger partial charge in [-0.1, -0.05) is 13.0 Å². The number of nitrogens with one attached hydrogen (secondary N) is 1. The van der Waals surface area contributed by atoms with Crippen LogP contribution < -0.4 is 16.8 Å². The number of benzene rings is 1. The normalized spacial score (nSPS) is 16.5. The van der Waals surface area contributed by atoms with Crippen molar-refractivity contribution < 1.29 is 4.79 Å². The Bertz CT molecular complexity index is 427. The highest BCUT2D eigenvalue weighted by atomic mass is 16.1. The average Bonchev–Trinajstić information content (AvgIpc) is 3.10. The number of amides is 1. The number of carbonyl (C=O) groups excluding carboxylic acids is 1.